The highest BCUT2D eigenvalue weighted by atomic mass is 35.5. The summed E-state index contributed by atoms with van der Waals surface area (Å²) in [5, 5.41) is 11.5. The first kappa shape index (κ1) is 28.9. The molecule has 0 spiro atoms. The van der Waals surface area contributed by atoms with Crippen molar-refractivity contribution in [3.8, 4) is 21.8 Å². The molecule has 11 heteroatoms. The molecule has 1 fully saturated rings. The summed E-state index contributed by atoms with van der Waals surface area (Å²) < 4.78 is 6.92. The standard InChI is InChI=1S/C30H32ClN5O4S/c1-6-35-13-14-36(16-22(35)37)29-32-12-11-20(34-29)27-33-21-15-17(2)23(25(28(38)39)40-30(3,4)5)24(26(21)41-27)18-7-9-19(31)10-8-18/h7-12,15,25H,6,13-14,16H2,1-5H3,(H,38,39)/t25-/m0/s1. The fourth-order valence-corrected chi connectivity index (χ4v) is 6.20. The van der Waals surface area contributed by atoms with Gasteiger partial charge >= 0.3 is 5.97 Å². The molecule has 1 saturated heterocycles. The minimum absolute atomic E-state index is 0.0498. The van der Waals surface area contributed by atoms with Gasteiger partial charge in [0.15, 0.2) is 6.10 Å². The van der Waals surface area contributed by atoms with Crippen LogP contribution in [0, 0.1) is 6.92 Å². The van der Waals surface area contributed by atoms with E-state index in [2.05, 4.69) is 4.98 Å². The van der Waals surface area contributed by atoms with E-state index in [0.717, 1.165) is 26.9 Å². The second-order valence-corrected chi connectivity index (χ2v) is 12.4. The third-order valence-corrected chi connectivity index (χ3v) is 8.23. The molecule has 0 saturated carbocycles. The molecule has 1 N–H and O–H groups in total. The summed E-state index contributed by atoms with van der Waals surface area (Å²) in [5.74, 6) is -0.542. The number of halogens is 1. The van der Waals surface area contributed by atoms with Gasteiger partial charge in [0, 0.05) is 42.0 Å². The van der Waals surface area contributed by atoms with Crippen molar-refractivity contribution in [3.63, 3.8) is 0 Å². The first-order valence-electron chi connectivity index (χ1n) is 13.4. The highest BCUT2D eigenvalue weighted by molar-refractivity contribution is 7.22. The maximum Gasteiger partial charge on any atom is 0.337 e. The Kier molecular flexibility index (Phi) is 8.00. The average Bonchev–Trinajstić information content (AvgIpc) is 3.35. The number of carbonyl (C=O) groups is 2. The Morgan fingerprint density at radius 1 is 1.17 bits per heavy atom. The van der Waals surface area contributed by atoms with Crippen LogP contribution in [0.1, 0.15) is 44.9 Å². The Balaban J connectivity index is 1.65. The van der Waals surface area contributed by atoms with Crippen LogP contribution >= 0.6 is 22.9 Å². The number of aromatic nitrogens is 3. The Morgan fingerprint density at radius 2 is 1.90 bits per heavy atom. The summed E-state index contributed by atoms with van der Waals surface area (Å²) in [6.45, 7) is 11.5. The Bertz CT molecular complexity index is 1620. The third-order valence-electron chi connectivity index (χ3n) is 6.86. The number of hydrogen-bond donors (Lipinski definition) is 1. The molecule has 0 aliphatic carbocycles. The molecular formula is C30H32ClN5O4S. The zero-order valence-corrected chi connectivity index (χ0v) is 25.2. The normalized spacial score (nSPS) is 15.0. The molecule has 1 amide bonds. The van der Waals surface area contributed by atoms with Crippen molar-refractivity contribution < 1.29 is 19.4 Å². The van der Waals surface area contributed by atoms with Crippen LogP contribution in [0.25, 0.3) is 32.0 Å². The smallest absolute Gasteiger partial charge is 0.337 e. The van der Waals surface area contributed by atoms with Crippen molar-refractivity contribution >= 4 is 51.0 Å². The molecule has 41 heavy (non-hydrogen) atoms. The van der Waals surface area contributed by atoms with Crippen molar-refractivity contribution in [2.75, 3.05) is 31.1 Å². The molecule has 0 radical (unpaired) electrons. The van der Waals surface area contributed by atoms with Crippen LogP contribution in [-0.2, 0) is 14.3 Å². The Labute approximate surface area is 247 Å². The van der Waals surface area contributed by atoms with E-state index in [0.29, 0.717) is 46.9 Å². The number of ether oxygens (including phenoxy) is 1. The molecule has 0 unspecified atom stereocenters. The number of amides is 1. The number of carboxylic acid groups (broad SMARTS) is 1. The number of likely N-dealkylation sites (N-methyl/N-ethyl adjacent to an activating group) is 1. The van der Waals surface area contributed by atoms with E-state index in [1.165, 1.54) is 11.3 Å². The first-order chi connectivity index (χ1) is 19.4. The number of nitrogens with zero attached hydrogens (tertiary/aromatic N) is 5. The van der Waals surface area contributed by atoms with Gasteiger partial charge in [0.1, 0.15) is 10.7 Å². The monoisotopic (exact) mass is 593 g/mol. The zero-order chi connectivity index (χ0) is 29.5. The van der Waals surface area contributed by atoms with Gasteiger partial charge in [-0.25, -0.2) is 19.7 Å². The maximum atomic E-state index is 12.6. The minimum Gasteiger partial charge on any atom is -0.479 e. The fourth-order valence-electron chi connectivity index (χ4n) is 4.98. The van der Waals surface area contributed by atoms with Crippen LogP contribution in [0.15, 0.2) is 42.6 Å². The van der Waals surface area contributed by atoms with Crippen molar-refractivity contribution in [2.24, 2.45) is 0 Å². The van der Waals surface area contributed by atoms with Crippen molar-refractivity contribution in [1.29, 1.82) is 0 Å². The maximum absolute atomic E-state index is 12.6. The number of hydrogen-bond acceptors (Lipinski definition) is 8. The Morgan fingerprint density at radius 3 is 2.54 bits per heavy atom. The lowest BCUT2D eigenvalue weighted by Crippen LogP contribution is -2.50. The largest absolute Gasteiger partial charge is 0.479 e. The summed E-state index contributed by atoms with van der Waals surface area (Å²) >= 11 is 7.64. The van der Waals surface area contributed by atoms with Gasteiger partial charge < -0.3 is 19.6 Å². The third kappa shape index (κ3) is 6.05. The molecule has 4 aromatic rings. The van der Waals surface area contributed by atoms with Crippen LogP contribution in [0.2, 0.25) is 5.02 Å². The molecule has 1 aliphatic rings. The lowest BCUT2D eigenvalue weighted by Gasteiger charge is -2.33. The lowest BCUT2D eigenvalue weighted by molar-refractivity contribution is -0.160. The number of fused-ring (bicyclic) bond motifs is 1. The van der Waals surface area contributed by atoms with Crippen molar-refractivity contribution in [1.82, 2.24) is 19.9 Å². The van der Waals surface area contributed by atoms with Crippen LogP contribution < -0.4 is 4.90 Å². The number of benzene rings is 2. The van der Waals surface area contributed by atoms with E-state index in [9.17, 15) is 14.7 Å². The van der Waals surface area contributed by atoms with Crippen LogP contribution in [0.5, 0.6) is 0 Å². The van der Waals surface area contributed by atoms with Gasteiger partial charge in [-0.3, -0.25) is 4.79 Å². The molecule has 1 atom stereocenters. The van der Waals surface area contributed by atoms with Gasteiger partial charge in [0.05, 0.1) is 22.4 Å². The second kappa shape index (κ2) is 11.3. The van der Waals surface area contributed by atoms with Gasteiger partial charge in [0.25, 0.3) is 0 Å². The summed E-state index contributed by atoms with van der Waals surface area (Å²) in [6.07, 6.45) is 0.482. The highest BCUT2D eigenvalue weighted by Crippen LogP contribution is 2.44. The predicted octanol–water partition coefficient (Wildman–Crippen LogP) is 5.99. The molecule has 1 aliphatic heterocycles. The predicted molar refractivity (Wildman–Crippen MR) is 162 cm³/mol. The van der Waals surface area contributed by atoms with E-state index in [1.54, 1.807) is 24.4 Å². The SMILES string of the molecule is CCN1CCN(c2nccc(-c3nc4cc(C)c([C@H](OC(C)(C)C)C(=O)O)c(-c5ccc(Cl)cc5)c4s3)n2)CC1=O. The minimum atomic E-state index is -1.19. The van der Waals surface area contributed by atoms with E-state index in [-0.39, 0.29) is 12.5 Å². The topological polar surface area (TPSA) is 109 Å². The van der Waals surface area contributed by atoms with Crippen LogP contribution in [0.4, 0.5) is 5.95 Å². The van der Waals surface area contributed by atoms with Gasteiger partial charge in [-0.15, -0.1) is 11.3 Å². The first-order valence-corrected chi connectivity index (χ1v) is 14.6. The number of carboxylic acids is 1. The quantitative estimate of drug-likeness (QED) is 0.278. The fraction of sp³-hybridized carbons (Fsp3) is 0.367. The molecule has 2 aromatic carbocycles. The molecule has 2 aromatic heterocycles. The van der Waals surface area contributed by atoms with Crippen LogP contribution in [0.3, 0.4) is 0 Å². The number of aliphatic carboxylic acids is 1. The highest BCUT2D eigenvalue weighted by Gasteiger charge is 2.32. The number of anilines is 1. The number of carbonyl (C=O) groups excluding carboxylic acids is 1. The molecule has 3 heterocycles. The molecule has 9 nitrogen and oxygen atoms in total. The summed E-state index contributed by atoms with van der Waals surface area (Å²) in [6, 6.07) is 11.0. The van der Waals surface area contributed by atoms with Gasteiger partial charge in [-0.05, 0) is 70.0 Å². The van der Waals surface area contributed by atoms with Gasteiger partial charge in [0.2, 0.25) is 11.9 Å². The van der Waals surface area contributed by atoms with E-state index in [4.69, 9.17) is 26.3 Å². The number of rotatable bonds is 7. The van der Waals surface area contributed by atoms with E-state index in [1.807, 2.05) is 62.6 Å². The second-order valence-electron chi connectivity index (χ2n) is 10.9. The zero-order valence-electron chi connectivity index (χ0n) is 23.6. The number of thiazole rings is 1. The lowest BCUT2D eigenvalue weighted by atomic mass is 9.91. The average molecular weight is 594 g/mol. The summed E-state index contributed by atoms with van der Waals surface area (Å²) in [5.41, 5.74) is 3.55. The summed E-state index contributed by atoms with van der Waals surface area (Å²) in [7, 11) is 0. The molecule has 214 valence electrons. The van der Waals surface area contributed by atoms with Gasteiger partial charge in [-0.2, -0.15) is 0 Å². The number of piperazine rings is 1. The number of aryl methyl sites for hydroxylation is 1. The summed E-state index contributed by atoms with van der Waals surface area (Å²) in [4.78, 5) is 42.9. The van der Waals surface area contributed by atoms with E-state index < -0.39 is 17.7 Å². The molecule has 0 bridgehead atoms. The van der Waals surface area contributed by atoms with Crippen molar-refractivity contribution in [2.45, 2.75) is 46.3 Å². The Hall–Kier alpha value is -3.60. The van der Waals surface area contributed by atoms with Crippen LogP contribution in [-0.4, -0.2) is 68.6 Å². The van der Waals surface area contributed by atoms with Crippen molar-refractivity contribution in [3.05, 3.63) is 58.7 Å². The molecule has 5 rings (SSSR count). The van der Waals surface area contributed by atoms with Gasteiger partial charge in [-0.1, -0.05) is 23.7 Å². The van der Waals surface area contributed by atoms with E-state index >= 15 is 0 Å². The molecular weight excluding hydrogens is 562 g/mol.